The van der Waals surface area contributed by atoms with Crippen LogP contribution in [0.15, 0.2) is 10.9 Å². The van der Waals surface area contributed by atoms with E-state index >= 15 is 0 Å². The van der Waals surface area contributed by atoms with Gasteiger partial charge in [-0.05, 0) is 44.9 Å². The number of pyridine rings is 1. The average molecular weight is 373 g/mol. The van der Waals surface area contributed by atoms with E-state index in [0.717, 1.165) is 31.5 Å². The number of aryl methyl sites for hydroxylation is 2. The summed E-state index contributed by atoms with van der Waals surface area (Å²) in [5.41, 5.74) is 1.43. The molecule has 0 aromatic carbocycles. The smallest absolute Gasteiger partial charge is 0.259 e. The van der Waals surface area contributed by atoms with Gasteiger partial charge in [0, 0.05) is 49.6 Å². The van der Waals surface area contributed by atoms with Crippen LogP contribution in [0.4, 0.5) is 0 Å². The summed E-state index contributed by atoms with van der Waals surface area (Å²) >= 11 is 0. The molecule has 3 rings (SSSR count). The number of amides is 2. The van der Waals surface area contributed by atoms with Crippen LogP contribution in [-0.4, -0.2) is 52.3 Å². The molecule has 2 atom stereocenters. The molecule has 2 saturated heterocycles. The Hall–Kier alpha value is -2.11. The molecule has 1 aromatic heterocycles. The Balaban J connectivity index is 1.74. The van der Waals surface area contributed by atoms with E-state index in [2.05, 4.69) is 23.7 Å². The highest BCUT2D eigenvalue weighted by Crippen LogP contribution is 2.32. The summed E-state index contributed by atoms with van der Waals surface area (Å²) in [5.74, 6) is 0.939. The molecule has 2 fully saturated rings. The molecule has 0 spiro atoms. The van der Waals surface area contributed by atoms with Crippen molar-refractivity contribution in [3.63, 3.8) is 0 Å². The van der Waals surface area contributed by atoms with Crippen molar-refractivity contribution in [1.82, 2.24) is 14.8 Å². The summed E-state index contributed by atoms with van der Waals surface area (Å²) in [7, 11) is 0. The van der Waals surface area contributed by atoms with Crippen molar-refractivity contribution >= 4 is 11.8 Å². The van der Waals surface area contributed by atoms with Gasteiger partial charge in [-0.1, -0.05) is 13.8 Å². The number of likely N-dealkylation sites (tertiary alicyclic amines) is 2. The van der Waals surface area contributed by atoms with Crippen LogP contribution < -0.4 is 5.43 Å². The normalized spacial score (nSPS) is 22.9. The molecule has 0 bridgehead atoms. The molecule has 6 heteroatoms. The number of hydrogen-bond acceptors (Lipinski definition) is 3. The first-order valence-corrected chi connectivity index (χ1v) is 10.1. The second kappa shape index (κ2) is 7.87. The molecule has 1 aromatic rings. The topological polar surface area (TPSA) is 73.5 Å². The maximum Gasteiger partial charge on any atom is 0.259 e. The van der Waals surface area contributed by atoms with Gasteiger partial charge in [-0.3, -0.25) is 14.4 Å². The quantitative estimate of drug-likeness (QED) is 0.881. The fourth-order valence-electron chi connectivity index (χ4n) is 4.50. The number of hydrogen-bond donors (Lipinski definition) is 1. The van der Waals surface area contributed by atoms with Gasteiger partial charge in [-0.2, -0.15) is 0 Å². The molecule has 27 heavy (non-hydrogen) atoms. The van der Waals surface area contributed by atoms with Crippen LogP contribution in [0, 0.1) is 25.7 Å². The minimum atomic E-state index is -0.215. The van der Waals surface area contributed by atoms with Crippen LogP contribution in [0.1, 0.15) is 61.3 Å². The third kappa shape index (κ3) is 4.09. The van der Waals surface area contributed by atoms with Crippen LogP contribution in [0.5, 0.6) is 0 Å². The molecule has 148 valence electrons. The highest BCUT2D eigenvalue weighted by atomic mass is 16.2. The lowest BCUT2D eigenvalue weighted by molar-refractivity contribution is -0.140. The lowest BCUT2D eigenvalue weighted by atomic mass is 9.83. The SMILES string of the molecule is Cc1cc(=O)c(C(=O)N2CC[C@@H]3[C@@H](CCC(=O)N3CCC(C)C)C2)c(C)[nH]1. The van der Waals surface area contributed by atoms with Gasteiger partial charge in [0.15, 0.2) is 5.43 Å². The van der Waals surface area contributed by atoms with E-state index in [1.807, 2.05) is 11.8 Å². The second-order valence-corrected chi connectivity index (χ2v) is 8.49. The molecule has 0 unspecified atom stereocenters. The van der Waals surface area contributed by atoms with Crippen LogP contribution in [0.2, 0.25) is 0 Å². The molecule has 3 heterocycles. The van der Waals surface area contributed by atoms with Gasteiger partial charge in [0.25, 0.3) is 5.91 Å². The molecule has 0 saturated carbocycles. The number of carbonyl (C=O) groups is 2. The third-order valence-corrected chi connectivity index (χ3v) is 5.95. The summed E-state index contributed by atoms with van der Waals surface area (Å²) in [6.45, 7) is 9.98. The summed E-state index contributed by atoms with van der Waals surface area (Å²) in [6, 6.07) is 1.71. The summed E-state index contributed by atoms with van der Waals surface area (Å²) in [4.78, 5) is 44.7. The molecule has 1 N–H and O–H groups in total. The Labute approximate surface area is 160 Å². The van der Waals surface area contributed by atoms with Crippen LogP contribution in [0.3, 0.4) is 0 Å². The Kier molecular flexibility index (Phi) is 5.72. The molecule has 2 amide bonds. The van der Waals surface area contributed by atoms with Gasteiger partial charge < -0.3 is 14.8 Å². The first kappa shape index (κ1) is 19.6. The Morgan fingerprint density at radius 3 is 2.67 bits per heavy atom. The largest absolute Gasteiger partial charge is 0.362 e. The van der Waals surface area contributed by atoms with Crippen molar-refractivity contribution in [3.8, 4) is 0 Å². The number of aromatic amines is 1. The van der Waals surface area contributed by atoms with E-state index in [1.54, 1.807) is 6.92 Å². The summed E-state index contributed by atoms with van der Waals surface area (Å²) < 4.78 is 0. The van der Waals surface area contributed by atoms with Crippen molar-refractivity contribution in [2.75, 3.05) is 19.6 Å². The number of aromatic nitrogens is 1. The van der Waals surface area contributed by atoms with E-state index in [-0.39, 0.29) is 28.8 Å². The third-order valence-electron chi connectivity index (χ3n) is 5.95. The fourth-order valence-corrected chi connectivity index (χ4v) is 4.50. The van der Waals surface area contributed by atoms with Crippen LogP contribution in [0.25, 0.3) is 0 Å². The zero-order chi connectivity index (χ0) is 19.7. The van der Waals surface area contributed by atoms with Gasteiger partial charge in [0.05, 0.1) is 0 Å². The first-order chi connectivity index (χ1) is 12.8. The van der Waals surface area contributed by atoms with Gasteiger partial charge >= 0.3 is 0 Å². The van der Waals surface area contributed by atoms with E-state index < -0.39 is 0 Å². The predicted molar refractivity (Wildman–Crippen MR) is 105 cm³/mol. The Morgan fingerprint density at radius 2 is 2.00 bits per heavy atom. The highest BCUT2D eigenvalue weighted by molar-refractivity contribution is 5.95. The highest BCUT2D eigenvalue weighted by Gasteiger charge is 2.40. The molecule has 2 aliphatic rings. The summed E-state index contributed by atoms with van der Waals surface area (Å²) in [5, 5.41) is 0. The van der Waals surface area contributed by atoms with Crippen molar-refractivity contribution in [2.45, 2.75) is 59.4 Å². The second-order valence-electron chi connectivity index (χ2n) is 8.49. The summed E-state index contributed by atoms with van der Waals surface area (Å²) in [6.07, 6.45) is 3.19. The standard InChI is InChI=1S/C21H31N3O3/c1-13(2)7-10-24-17-8-9-23(12-16(17)5-6-19(24)26)21(27)20-15(4)22-14(3)11-18(20)25/h11,13,16-17H,5-10,12H2,1-4H3,(H,22,25)/t16-,17+/m0/s1. The number of piperidine rings is 2. The molecular weight excluding hydrogens is 342 g/mol. The number of carbonyl (C=O) groups excluding carboxylic acids is 2. The lowest BCUT2D eigenvalue weighted by Crippen LogP contribution is -2.57. The zero-order valence-electron chi connectivity index (χ0n) is 16.9. The van der Waals surface area contributed by atoms with E-state index in [4.69, 9.17) is 0 Å². The van der Waals surface area contributed by atoms with Crippen molar-refractivity contribution < 1.29 is 9.59 Å². The molecule has 0 radical (unpaired) electrons. The number of H-pyrrole nitrogens is 1. The first-order valence-electron chi connectivity index (χ1n) is 10.1. The maximum absolute atomic E-state index is 13.0. The number of nitrogens with one attached hydrogen (secondary N) is 1. The Bertz CT molecular complexity index is 783. The van der Waals surface area contributed by atoms with Crippen LogP contribution >= 0.6 is 0 Å². The maximum atomic E-state index is 13.0. The van der Waals surface area contributed by atoms with Gasteiger partial charge in [0.1, 0.15) is 5.56 Å². The minimum absolute atomic E-state index is 0.183. The lowest BCUT2D eigenvalue weighted by Gasteiger charge is -2.47. The minimum Gasteiger partial charge on any atom is -0.362 e. The number of fused-ring (bicyclic) bond motifs is 1. The van der Waals surface area contributed by atoms with Crippen molar-refractivity contribution in [3.05, 3.63) is 33.2 Å². The molecule has 6 nitrogen and oxygen atoms in total. The number of nitrogens with zero attached hydrogens (tertiary/aromatic N) is 2. The van der Waals surface area contributed by atoms with Crippen molar-refractivity contribution in [2.24, 2.45) is 11.8 Å². The van der Waals surface area contributed by atoms with Crippen molar-refractivity contribution in [1.29, 1.82) is 0 Å². The molecular formula is C21H31N3O3. The van der Waals surface area contributed by atoms with Gasteiger partial charge in [-0.25, -0.2) is 0 Å². The van der Waals surface area contributed by atoms with Crippen LogP contribution in [-0.2, 0) is 4.79 Å². The fraction of sp³-hybridized carbons (Fsp3) is 0.667. The van der Waals surface area contributed by atoms with E-state index in [9.17, 15) is 14.4 Å². The average Bonchev–Trinajstić information content (AvgIpc) is 2.59. The Morgan fingerprint density at radius 1 is 1.26 bits per heavy atom. The van der Waals surface area contributed by atoms with Gasteiger partial charge in [0.2, 0.25) is 5.91 Å². The molecule has 2 aliphatic heterocycles. The molecule has 0 aliphatic carbocycles. The zero-order valence-corrected chi connectivity index (χ0v) is 16.9. The van der Waals surface area contributed by atoms with Gasteiger partial charge in [-0.15, -0.1) is 0 Å². The monoisotopic (exact) mass is 373 g/mol. The van der Waals surface area contributed by atoms with E-state index in [1.165, 1.54) is 6.07 Å². The van der Waals surface area contributed by atoms with E-state index in [0.29, 0.717) is 37.0 Å². The number of rotatable bonds is 4. The predicted octanol–water partition coefficient (Wildman–Crippen LogP) is 2.49.